The number of H-pyrrole nitrogens is 1. The third kappa shape index (κ3) is 16.7. The number of hydrogen-bond acceptors (Lipinski definition) is 5. The number of aliphatic hydroxyl groups excluding tert-OH is 1. The van der Waals surface area contributed by atoms with Gasteiger partial charge in [-0.25, -0.2) is 4.99 Å². The minimum atomic E-state index is -0.745. The van der Waals surface area contributed by atoms with E-state index in [2.05, 4.69) is 35.7 Å². The first kappa shape index (κ1) is 35.7. The SMILES string of the molecule is C=O.CCC.CCC(=O)O.CCCC(=O)N=C(N=CN)c1ccc(C2CCC(CC)O2)[nH]1.CO. The number of carbonyl (C=O) groups is 3. The zero-order valence-electron chi connectivity index (χ0n) is 21.5. The Morgan fingerprint density at radius 3 is 2.15 bits per heavy atom. The number of carbonyl (C=O) groups excluding carboxylic acids is 2. The molecule has 34 heavy (non-hydrogen) atoms. The zero-order chi connectivity index (χ0) is 26.9. The maximum absolute atomic E-state index is 11.7. The van der Waals surface area contributed by atoms with E-state index in [4.69, 9.17) is 25.5 Å². The molecule has 1 saturated heterocycles. The molecular formula is C24H44N4O6. The van der Waals surface area contributed by atoms with Crippen LogP contribution >= 0.6 is 0 Å². The fourth-order valence-electron chi connectivity index (χ4n) is 2.58. The van der Waals surface area contributed by atoms with Gasteiger partial charge in [-0.1, -0.05) is 41.0 Å². The number of ether oxygens (including phenoxy) is 1. The largest absolute Gasteiger partial charge is 0.481 e. The van der Waals surface area contributed by atoms with Crippen molar-refractivity contribution in [2.45, 2.75) is 91.8 Å². The van der Waals surface area contributed by atoms with E-state index in [1.54, 1.807) is 6.92 Å². The van der Waals surface area contributed by atoms with Crippen molar-refractivity contribution in [3.8, 4) is 0 Å². The Bertz CT molecular complexity index is 703. The van der Waals surface area contributed by atoms with Crippen molar-refractivity contribution >= 4 is 30.8 Å². The highest BCUT2D eigenvalue weighted by Crippen LogP contribution is 2.33. The lowest BCUT2D eigenvalue weighted by Crippen LogP contribution is -2.07. The molecule has 0 bridgehead atoms. The van der Waals surface area contributed by atoms with Crippen LogP contribution in [0.1, 0.15) is 97.1 Å². The number of carboxylic acids is 1. The molecule has 1 aromatic rings. The van der Waals surface area contributed by atoms with Crippen molar-refractivity contribution < 1.29 is 29.3 Å². The number of aliphatic imine (C=N–C) groups is 2. The highest BCUT2D eigenvalue weighted by Gasteiger charge is 2.26. The Hall–Kier alpha value is -2.85. The predicted molar refractivity (Wildman–Crippen MR) is 136 cm³/mol. The Morgan fingerprint density at radius 2 is 1.74 bits per heavy atom. The number of aliphatic carboxylic acids is 1. The van der Waals surface area contributed by atoms with E-state index < -0.39 is 5.97 Å². The van der Waals surface area contributed by atoms with Crippen LogP contribution < -0.4 is 5.73 Å². The summed E-state index contributed by atoms with van der Waals surface area (Å²) in [5.74, 6) is -0.621. The molecule has 2 unspecified atom stereocenters. The van der Waals surface area contributed by atoms with Gasteiger partial charge in [-0.15, -0.1) is 0 Å². The third-order valence-corrected chi connectivity index (χ3v) is 4.05. The van der Waals surface area contributed by atoms with Crippen molar-refractivity contribution in [3.05, 3.63) is 23.5 Å². The normalized spacial score (nSPS) is 16.5. The molecule has 5 N–H and O–H groups in total. The molecule has 10 nitrogen and oxygen atoms in total. The highest BCUT2D eigenvalue weighted by atomic mass is 16.5. The predicted octanol–water partition coefficient (Wildman–Crippen LogP) is 4.03. The van der Waals surface area contributed by atoms with E-state index in [0.29, 0.717) is 24.1 Å². The zero-order valence-corrected chi connectivity index (χ0v) is 21.5. The number of hydrogen-bond donors (Lipinski definition) is 4. The van der Waals surface area contributed by atoms with Gasteiger partial charge in [0.15, 0.2) is 5.84 Å². The molecule has 0 saturated carbocycles. The summed E-state index contributed by atoms with van der Waals surface area (Å²) in [4.78, 5) is 40.4. The second kappa shape index (κ2) is 24.8. The Morgan fingerprint density at radius 1 is 1.18 bits per heavy atom. The number of carboxylic acid groups (broad SMARTS) is 1. The van der Waals surface area contributed by atoms with Crippen LogP contribution in [0.4, 0.5) is 0 Å². The van der Waals surface area contributed by atoms with Gasteiger partial charge in [0, 0.05) is 25.6 Å². The van der Waals surface area contributed by atoms with Crippen molar-refractivity contribution in [2.75, 3.05) is 7.11 Å². The molecule has 0 aliphatic carbocycles. The lowest BCUT2D eigenvalue weighted by atomic mass is 10.1. The quantitative estimate of drug-likeness (QED) is 0.349. The van der Waals surface area contributed by atoms with Crippen LogP contribution in [0, 0.1) is 0 Å². The molecule has 10 heteroatoms. The summed E-state index contributed by atoms with van der Waals surface area (Å²) in [6, 6.07) is 3.83. The fourth-order valence-corrected chi connectivity index (χ4v) is 2.58. The first-order valence-electron chi connectivity index (χ1n) is 11.5. The Kier molecular flexibility index (Phi) is 26.0. The van der Waals surface area contributed by atoms with Crippen molar-refractivity contribution in [1.82, 2.24) is 4.98 Å². The maximum Gasteiger partial charge on any atom is 0.303 e. The van der Waals surface area contributed by atoms with Crippen LogP contribution in [0.3, 0.4) is 0 Å². The Balaban J connectivity index is -0.000000676. The minimum absolute atomic E-state index is 0.0770. The van der Waals surface area contributed by atoms with E-state index in [-0.39, 0.29) is 18.4 Å². The van der Waals surface area contributed by atoms with Crippen LogP contribution in [-0.2, 0) is 19.1 Å². The molecule has 2 heterocycles. The van der Waals surface area contributed by atoms with E-state index >= 15 is 0 Å². The monoisotopic (exact) mass is 484 g/mol. The maximum atomic E-state index is 11.7. The molecule has 1 aliphatic rings. The summed E-state index contributed by atoms with van der Waals surface area (Å²) in [5.41, 5.74) is 7.04. The number of aliphatic hydroxyl groups is 1. The Labute approximate surface area is 203 Å². The van der Waals surface area contributed by atoms with Crippen molar-refractivity contribution in [2.24, 2.45) is 15.7 Å². The molecular weight excluding hydrogens is 440 g/mol. The summed E-state index contributed by atoms with van der Waals surface area (Å²) in [6.07, 6.45) is 7.29. The van der Waals surface area contributed by atoms with Crippen LogP contribution in [0.15, 0.2) is 22.1 Å². The van der Waals surface area contributed by atoms with Gasteiger partial charge in [0.05, 0.1) is 24.2 Å². The summed E-state index contributed by atoms with van der Waals surface area (Å²) in [7, 11) is 1.00. The fraction of sp³-hybridized carbons (Fsp3) is 0.625. The van der Waals surface area contributed by atoms with Gasteiger partial charge in [-0.2, -0.15) is 4.99 Å². The van der Waals surface area contributed by atoms with Gasteiger partial charge in [0.25, 0.3) is 0 Å². The standard InChI is InChI=1S/C16H24N4O2.C3H6O2.C3H8.CH4O.CH2O/c1-3-5-15(21)20-16(18-10-17)13-8-7-12(19-13)14-9-6-11(4-2)22-14;1-2-3(4)5;1-3-2;2*1-2/h7-8,10-11,14,19H,3-6,9H2,1-2H3,(H2,17,18,20,21);2H2,1H3,(H,4,5);3H2,1-2H3;2H,1H3;1H2. The average molecular weight is 485 g/mol. The second-order valence-corrected chi connectivity index (χ2v) is 6.87. The topological polar surface area (TPSA) is 167 Å². The second-order valence-electron chi connectivity index (χ2n) is 6.87. The summed E-state index contributed by atoms with van der Waals surface area (Å²) in [6.45, 7) is 11.9. The number of rotatable bonds is 6. The molecule has 1 fully saturated rings. The van der Waals surface area contributed by atoms with Crippen LogP contribution in [0.2, 0.25) is 0 Å². The molecule has 1 aromatic heterocycles. The van der Waals surface area contributed by atoms with Gasteiger partial charge in [-0.3, -0.25) is 9.59 Å². The van der Waals surface area contributed by atoms with Gasteiger partial charge in [-0.05, 0) is 37.8 Å². The van der Waals surface area contributed by atoms with Gasteiger partial charge >= 0.3 is 5.97 Å². The third-order valence-electron chi connectivity index (χ3n) is 4.05. The molecule has 0 radical (unpaired) electrons. The van der Waals surface area contributed by atoms with E-state index in [1.165, 1.54) is 6.42 Å². The summed E-state index contributed by atoms with van der Waals surface area (Å²) < 4.78 is 5.97. The van der Waals surface area contributed by atoms with Gasteiger partial charge < -0.3 is 30.5 Å². The molecule has 1 amide bonds. The molecule has 1 aliphatic heterocycles. The number of nitrogens with one attached hydrogen (secondary N) is 1. The first-order chi connectivity index (χ1) is 16.4. The summed E-state index contributed by atoms with van der Waals surface area (Å²) in [5, 5.41) is 14.7. The molecule has 0 aromatic carbocycles. The van der Waals surface area contributed by atoms with Crippen LogP contribution in [0.25, 0.3) is 0 Å². The van der Waals surface area contributed by atoms with Crippen LogP contribution in [-0.4, -0.2) is 59.3 Å². The van der Waals surface area contributed by atoms with Crippen molar-refractivity contribution in [1.29, 1.82) is 0 Å². The number of amidine groups is 1. The minimum Gasteiger partial charge on any atom is -0.481 e. The smallest absolute Gasteiger partial charge is 0.303 e. The number of aromatic amines is 1. The molecule has 2 atom stereocenters. The first-order valence-corrected chi connectivity index (χ1v) is 11.5. The van der Waals surface area contributed by atoms with Crippen molar-refractivity contribution in [3.63, 3.8) is 0 Å². The van der Waals surface area contributed by atoms with E-state index in [1.807, 2.05) is 25.8 Å². The molecule has 2 rings (SSSR count). The lowest BCUT2D eigenvalue weighted by molar-refractivity contribution is -0.136. The molecule has 196 valence electrons. The number of amides is 1. The average Bonchev–Trinajstić information content (AvgIpc) is 3.52. The number of nitrogens with zero attached hydrogens (tertiary/aromatic N) is 2. The summed E-state index contributed by atoms with van der Waals surface area (Å²) >= 11 is 0. The highest BCUT2D eigenvalue weighted by molar-refractivity contribution is 6.06. The number of nitrogens with two attached hydrogens (primary N) is 1. The van der Waals surface area contributed by atoms with Crippen LogP contribution in [0.5, 0.6) is 0 Å². The molecule has 0 spiro atoms. The van der Waals surface area contributed by atoms with Gasteiger partial charge in [0.1, 0.15) is 6.79 Å². The lowest BCUT2D eigenvalue weighted by Gasteiger charge is -2.10. The van der Waals surface area contributed by atoms with Gasteiger partial charge in [0.2, 0.25) is 5.91 Å². The van der Waals surface area contributed by atoms with E-state index in [0.717, 1.165) is 44.8 Å². The van der Waals surface area contributed by atoms with E-state index in [9.17, 15) is 9.59 Å². The number of aromatic nitrogens is 1.